The van der Waals surface area contributed by atoms with Crippen molar-refractivity contribution in [1.82, 2.24) is 9.62 Å². The van der Waals surface area contributed by atoms with Gasteiger partial charge in [-0.25, -0.2) is 8.42 Å². The summed E-state index contributed by atoms with van der Waals surface area (Å²) in [5, 5.41) is 11.8. The van der Waals surface area contributed by atoms with Crippen LogP contribution in [0.3, 0.4) is 0 Å². The molecule has 2 N–H and O–H groups in total. The maximum atomic E-state index is 12.9. The molecule has 8 nitrogen and oxygen atoms in total. The average Bonchev–Trinajstić information content (AvgIpc) is 2.65. The van der Waals surface area contributed by atoms with E-state index in [2.05, 4.69) is 5.32 Å². The number of methoxy groups -OCH3 is 1. The van der Waals surface area contributed by atoms with Gasteiger partial charge in [0.05, 0.1) is 17.9 Å². The number of aliphatic carboxylic acids is 1. The summed E-state index contributed by atoms with van der Waals surface area (Å²) in [6, 6.07) is 4.51. The van der Waals surface area contributed by atoms with Crippen LogP contribution in [0.2, 0.25) is 0 Å². The van der Waals surface area contributed by atoms with E-state index in [0.29, 0.717) is 30.6 Å². The van der Waals surface area contributed by atoms with Crippen molar-refractivity contribution in [3.8, 4) is 5.75 Å². The largest absolute Gasteiger partial charge is 0.496 e. The quantitative estimate of drug-likeness (QED) is 0.730. The molecular formula is C17H24N2O6S. The Morgan fingerprint density at radius 3 is 2.50 bits per heavy atom. The van der Waals surface area contributed by atoms with E-state index in [1.165, 1.54) is 23.5 Å². The van der Waals surface area contributed by atoms with Gasteiger partial charge in [0.25, 0.3) is 0 Å². The normalized spacial score (nSPS) is 16.2. The molecule has 0 atom stereocenters. The fourth-order valence-electron chi connectivity index (χ4n) is 2.86. The summed E-state index contributed by atoms with van der Waals surface area (Å²) in [7, 11) is -2.25. The number of amides is 1. The monoisotopic (exact) mass is 384 g/mol. The van der Waals surface area contributed by atoms with Crippen LogP contribution in [0, 0.1) is 5.92 Å². The molecule has 1 heterocycles. The lowest BCUT2D eigenvalue weighted by molar-refractivity contribution is -0.143. The summed E-state index contributed by atoms with van der Waals surface area (Å²) < 4.78 is 32.3. The Morgan fingerprint density at radius 2 is 1.96 bits per heavy atom. The summed E-state index contributed by atoms with van der Waals surface area (Å²) in [6.45, 7) is 2.24. The number of benzene rings is 1. The minimum absolute atomic E-state index is 0.104. The first-order valence-corrected chi connectivity index (χ1v) is 9.90. The highest BCUT2D eigenvalue weighted by Gasteiger charge is 2.32. The third kappa shape index (κ3) is 4.53. The van der Waals surface area contributed by atoms with Crippen molar-refractivity contribution < 1.29 is 27.9 Å². The van der Waals surface area contributed by atoms with Crippen molar-refractivity contribution in [2.24, 2.45) is 5.92 Å². The number of carboxylic acids is 1. The van der Waals surface area contributed by atoms with E-state index in [1.54, 1.807) is 13.0 Å². The zero-order valence-corrected chi connectivity index (χ0v) is 15.7. The van der Waals surface area contributed by atoms with E-state index in [9.17, 15) is 18.0 Å². The molecule has 0 bridgehead atoms. The number of hydrogen-bond donors (Lipinski definition) is 2. The lowest BCUT2D eigenvalue weighted by atomic mass is 9.99. The fraction of sp³-hybridized carbons (Fsp3) is 0.529. The van der Waals surface area contributed by atoms with Crippen LogP contribution < -0.4 is 10.1 Å². The second kappa shape index (κ2) is 8.50. The zero-order valence-electron chi connectivity index (χ0n) is 14.9. The minimum atomic E-state index is -3.73. The number of rotatable bonds is 7. The smallest absolute Gasteiger partial charge is 0.306 e. The van der Waals surface area contributed by atoms with Gasteiger partial charge in [0.2, 0.25) is 15.9 Å². The number of nitrogens with zero attached hydrogens (tertiary/aromatic N) is 1. The molecule has 0 spiro atoms. The molecule has 1 aromatic rings. The first-order valence-electron chi connectivity index (χ1n) is 8.46. The molecule has 1 amide bonds. The number of nitrogens with one attached hydrogen (secondary N) is 1. The van der Waals surface area contributed by atoms with E-state index in [1.807, 2.05) is 0 Å². The number of carbonyl (C=O) groups is 2. The lowest BCUT2D eigenvalue weighted by Crippen LogP contribution is -2.40. The summed E-state index contributed by atoms with van der Waals surface area (Å²) in [5.41, 5.74) is 0.566. The first kappa shape index (κ1) is 20.2. The Kier molecular flexibility index (Phi) is 6.60. The Hall–Kier alpha value is -2.13. The molecule has 1 aromatic carbocycles. The van der Waals surface area contributed by atoms with Crippen molar-refractivity contribution in [3.63, 3.8) is 0 Å². The van der Waals surface area contributed by atoms with Gasteiger partial charge in [0, 0.05) is 31.6 Å². The van der Waals surface area contributed by atoms with Gasteiger partial charge in [-0.05, 0) is 31.0 Å². The van der Waals surface area contributed by atoms with Gasteiger partial charge in [-0.3, -0.25) is 9.59 Å². The topological polar surface area (TPSA) is 113 Å². The Balaban J connectivity index is 2.21. The number of piperidine rings is 1. The SMILES string of the molecule is CCC(=O)NCc1cc(S(=O)(=O)N2CCC(C(=O)O)CC2)ccc1OC. The number of carbonyl (C=O) groups excluding carboxylic acids is 1. The van der Waals surface area contributed by atoms with E-state index < -0.39 is 21.9 Å². The molecule has 0 aliphatic carbocycles. The van der Waals surface area contributed by atoms with Gasteiger partial charge >= 0.3 is 5.97 Å². The summed E-state index contributed by atoms with van der Waals surface area (Å²) in [6.07, 6.45) is 0.924. The third-order valence-electron chi connectivity index (χ3n) is 4.49. The Labute approximate surface area is 153 Å². The second-order valence-corrected chi connectivity index (χ2v) is 8.06. The molecule has 0 saturated carbocycles. The van der Waals surface area contributed by atoms with Crippen LogP contribution in [0.25, 0.3) is 0 Å². The van der Waals surface area contributed by atoms with Crippen LogP contribution in [0.4, 0.5) is 0 Å². The summed E-state index contributed by atoms with van der Waals surface area (Å²) >= 11 is 0. The predicted octanol–water partition coefficient (Wildman–Crippen LogP) is 1.21. The van der Waals surface area contributed by atoms with E-state index in [-0.39, 0.29) is 30.4 Å². The molecule has 2 rings (SSSR count). The predicted molar refractivity (Wildman–Crippen MR) is 94.3 cm³/mol. The molecule has 0 unspecified atom stereocenters. The molecule has 1 fully saturated rings. The van der Waals surface area contributed by atoms with Crippen molar-refractivity contribution in [3.05, 3.63) is 23.8 Å². The fourth-order valence-corrected chi connectivity index (χ4v) is 4.39. The van der Waals surface area contributed by atoms with E-state index >= 15 is 0 Å². The van der Waals surface area contributed by atoms with Crippen LogP contribution >= 0.6 is 0 Å². The third-order valence-corrected chi connectivity index (χ3v) is 6.38. The number of ether oxygens (including phenoxy) is 1. The van der Waals surface area contributed by atoms with Crippen molar-refractivity contribution in [2.45, 2.75) is 37.6 Å². The summed E-state index contributed by atoms with van der Waals surface area (Å²) in [4.78, 5) is 22.6. The van der Waals surface area contributed by atoms with Crippen molar-refractivity contribution in [1.29, 1.82) is 0 Å². The molecule has 9 heteroatoms. The molecule has 1 aliphatic heterocycles. The number of hydrogen-bond acceptors (Lipinski definition) is 5. The van der Waals surface area contributed by atoms with Gasteiger partial charge in [0.15, 0.2) is 0 Å². The highest BCUT2D eigenvalue weighted by atomic mass is 32.2. The van der Waals surface area contributed by atoms with Gasteiger partial charge in [0.1, 0.15) is 5.75 Å². The van der Waals surface area contributed by atoms with Gasteiger partial charge < -0.3 is 15.2 Å². The van der Waals surface area contributed by atoms with Crippen molar-refractivity contribution in [2.75, 3.05) is 20.2 Å². The highest BCUT2D eigenvalue weighted by molar-refractivity contribution is 7.89. The molecule has 144 valence electrons. The molecule has 1 saturated heterocycles. The molecule has 0 radical (unpaired) electrons. The molecule has 26 heavy (non-hydrogen) atoms. The van der Waals surface area contributed by atoms with Crippen LogP contribution in [-0.4, -0.2) is 49.9 Å². The second-order valence-electron chi connectivity index (χ2n) is 6.12. The lowest BCUT2D eigenvalue weighted by Gasteiger charge is -2.29. The van der Waals surface area contributed by atoms with Crippen LogP contribution in [0.15, 0.2) is 23.1 Å². The number of carboxylic acid groups (broad SMARTS) is 1. The zero-order chi connectivity index (χ0) is 19.3. The Bertz CT molecular complexity index is 769. The number of sulfonamides is 1. The summed E-state index contributed by atoms with van der Waals surface area (Å²) in [5.74, 6) is -1.04. The molecule has 0 aromatic heterocycles. The van der Waals surface area contributed by atoms with Crippen molar-refractivity contribution >= 4 is 21.9 Å². The van der Waals surface area contributed by atoms with Crippen LogP contribution in [0.1, 0.15) is 31.7 Å². The van der Waals surface area contributed by atoms with Gasteiger partial charge in [-0.1, -0.05) is 6.92 Å². The van der Waals surface area contributed by atoms with E-state index in [4.69, 9.17) is 9.84 Å². The standard InChI is InChI=1S/C17H24N2O6S/c1-3-16(20)18-11-13-10-14(4-5-15(13)25-2)26(23,24)19-8-6-12(7-9-19)17(21)22/h4-5,10,12H,3,6-9,11H2,1-2H3,(H,18,20)(H,21,22). The highest BCUT2D eigenvalue weighted by Crippen LogP contribution is 2.27. The minimum Gasteiger partial charge on any atom is -0.496 e. The van der Waals surface area contributed by atoms with E-state index in [0.717, 1.165) is 0 Å². The Morgan fingerprint density at radius 1 is 1.31 bits per heavy atom. The first-order chi connectivity index (χ1) is 12.3. The molecule has 1 aliphatic rings. The van der Waals surface area contributed by atoms with Crippen LogP contribution in [0.5, 0.6) is 5.75 Å². The molecular weight excluding hydrogens is 360 g/mol. The maximum Gasteiger partial charge on any atom is 0.306 e. The average molecular weight is 384 g/mol. The maximum absolute atomic E-state index is 12.9. The van der Waals surface area contributed by atoms with Gasteiger partial charge in [-0.2, -0.15) is 4.31 Å². The van der Waals surface area contributed by atoms with Gasteiger partial charge in [-0.15, -0.1) is 0 Å². The van der Waals surface area contributed by atoms with Crippen LogP contribution in [-0.2, 0) is 26.2 Å².